The van der Waals surface area contributed by atoms with Gasteiger partial charge in [0.1, 0.15) is 0 Å². The number of carbonyl (C=O) groups excluding carboxylic acids is 1. The predicted octanol–water partition coefficient (Wildman–Crippen LogP) is 3.54. The van der Waals surface area contributed by atoms with Gasteiger partial charge in [0, 0.05) is 11.3 Å². The highest BCUT2D eigenvalue weighted by Crippen LogP contribution is 2.40. The van der Waals surface area contributed by atoms with Crippen LogP contribution >= 0.6 is 0 Å². The van der Waals surface area contributed by atoms with Crippen molar-refractivity contribution in [1.29, 1.82) is 0 Å². The number of fused-ring (bicyclic) bond motifs is 1. The Morgan fingerprint density at radius 3 is 2.15 bits per heavy atom. The van der Waals surface area contributed by atoms with Crippen LogP contribution in [0.2, 0.25) is 0 Å². The molecule has 0 radical (unpaired) electrons. The molecule has 1 aliphatic rings. The molecular weight excluding hydrogens is 250 g/mol. The summed E-state index contributed by atoms with van der Waals surface area (Å²) in [6, 6.07) is 16.2. The van der Waals surface area contributed by atoms with Crippen LogP contribution in [0.3, 0.4) is 0 Å². The highest BCUT2D eigenvalue weighted by molar-refractivity contribution is 6.07. The Kier molecular flexibility index (Phi) is 5.06. The van der Waals surface area contributed by atoms with Gasteiger partial charge in [0.25, 0.3) is 5.91 Å². The minimum Gasteiger partial charge on any atom is -0.372 e. The zero-order valence-electron chi connectivity index (χ0n) is 11.1. The van der Waals surface area contributed by atoms with Gasteiger partial charge in [-0.05, 0) is 11.6 Å². The van der Waals surface area contributed by atoms with E-state index in [4.69, 9.17) is 0 Å². The van der Waals surface area contributed by atoms with Gasteiger partial charge >= 0.3 is 0 Å². The van der Waals surface area contributed by atoms with Gasteiger partial charge in [-0.15, -0.1) is 0 Å². The molecule has 0 spiro atoms. The number of rotatable bonds is 1. The van der Waals surface area contributed by atoms with E-state index in [1.165, 1.54) is 0 Å². The van der Waals surface area contributed by atoms with Crippen molar-refractivity contribution >= 4 is 11.6 Å². The van der Waals surface area contributed by atoms with Crippen LogP contribution in [-0.4, -0.2) is 11.0 Å². The highest BCUT2D eigenvalue weighted by atomic mass is 16.3. The first-order chi connectivity index (χ1) is 9.23. The fourth-order valence-electron chi connectivity index (χ4n) is 2.21. The summed E-state index contributed by atoms with van der Waals surface area (Å²) in [5.74, 6) is -0.398. The summed E-state index contributed by atoms with van der Waals surface area (Å²) in [5, 5.41) is 13.4. The molecule has 0 saturated heterocycles. The average Bonchev–Trinajstić information content (AvgIpc) is 2.75. The van der Waals surface area contributed by atoms with Gasteiger partial charge in [-0.2, -0.15) is 0 Å². The molecule has 1 amide bonds. The molecular formula is C17H21NO2. The van der Waals surface area contributed by atoms with E-state index in [0.717, 1.165) is 0 Å². The Hall–Kier alpha value is -2.13. The van der Waals surface area contributed by atoms with E-state index in [2.05, 4.69) is 5.32 Å². The smallest absolute Gasteiger partial charge is 0.265 e. The van der Waals surface area contributed by atoms with Crippen LogP contribution in [-0.2, 0) is 10.4 Å². The maximum absolute atomic E-state index is 12.0. The minimum absolute atomic E-state index is 0. The van der Waals surface area contributed by atoms with E-state index in [1.807, 2.05) is 44.2 Å². The second-order valence-electron chi connectivity index (χ2n) is 4.08. The number of hydrogen-bond donors (Lipinski definition) is 2. The SMILES string of the molecule is C.CC.O=C1Nc2ccccc2C1(O)c1ccccc1. The summed E-state index contributed by atoms with van der Waals surface area (Å²) in [5.41, 5.74) is 0.292. The number of anilines is 1. The van der Waals surface area contributed by atoms with Crippen molar-refractivity contribution in [3.05, 3.63) is 65.7 Å². The molecule has 3 rings (SSSR count). The van der Waals surface area contributed by atoms with Gasteiger partial charge in [0.2, 0.25) is 0 Å². The Morgan fingerprint density at radius 2 is 1.50 bits per heavy atom. The molecule has 2 N–H and O–H groups in total. The van der Waals surface area contributed by atoms with E-state index in [9.17, 15) is 9.90 Å². The number of carbonyl (C=O) groups is 1. The quantitative estimate of drug-likeness (QED) is 0.833. The standard InChI is InChI=1S/C14H11NO2.C2H6.CH4/c16-13-14(17,10-6-2-1-3-7-10)11-8-4-5-9-12(11)15-13;1-2;/h1-9,17H,(H,15,16);1-2H3;1H4. The van der Waals surface area contributed by atoms with Crippen LogP contribution in [0.4, 0.5) is 5.69 Å². The first kappa shape index (κ1) is 15.9. The summed E-state index contributed by atoms with van der Waals surface area (Å²) < 4.78 is 0. The van der Waals surface area contributed by atoms with Gasteiger partial charge in [-0.3, -0.25) is 4.79 Å². The van der Waals surface area contributed by atoms with E-state index < -0.39 is 11.5 Å². The van der Waals surface area contributed by atoms with E-state index in [0.29, 0.717) is 16.8 Å². The number of para-hydroxylation sites is 1. The van der Waals surface area contributed by atoms with Crippen molar-refractivity contribution in [2.24, 2.45) is 0 Å². The lowest BCUT2D eigenvalue weighted by Gasteiger charge is -2.21. The molecule has 1 atom stereocenters. The fraction of sp³-hybridized carbons (Fsp3) is 0.235. The summed E-state index contributed by atoms with van der Waals surface area (Å²) in [4.78, 5) is 12.0. The van der Waals surface area contributed by atoms with Gasteiger partial charge < -0.3 is 10.4 Å². The molecule has 20 heavy (non-hydrogen) atoms. The van der Waals surface area contributed by atoms with Crippen molar-refractivity contribution in [2.75, 3.05) is 5.32 Å². The van der Waals surface area contributed by atoms with E-state index in [1.54, 1.807) is 24.3 Å². The molecule has 1 heterocycles. The molecule has 2 aromatic rings. The zero-order chi connectivity index (χ0) is 13.9. The molecule has 0 aliphatic carbocycles. The minimum atomic E-state index is -1.57. The van der Waals surface area contributed by atoms with Crippen molar-refractivity contribution in [3.63, 3.8) is 0 Å². The third-order valence-electron chi connectivity index (χ3n) is 3.09. The Morgan fingerprint density at radius 1 is 0.950 bits per heavy atom. The normalized spacial score (nSPS) is 19.1. The summed E-state index contributed by atoms with van der Waals surface area (Å²) in [7, 11) is 0. The number of amides is 1. The maximum Gasteiger partial charge on any atom is 0.265 e. The summed E-state index contributed by atoms with van der Waals surface area (Å²) in [6.07, 6.45) is 0. The molecule has 2 aromatic carbocycles. The molecule has 0 bridgehead atoms. The average molecular weight is 271 g/mol. The predicted molar refractivity (Wildman–Crippen MR) is 82.6 cm³/mol. The van der Waals surface area contributed by atoms with Gasteiger partial charge in [0.15, 0.2) is 5.60 Å². The van der Waals surface area contributed by atoms with Crippen molar-refractivity contribution in [1.82, 2.24) is 0 Å². The van der Waals surface area contributed by atoms with Gasteiger partial charge in [0.05, 0.1) is 0 Å². The monoisotopic (exact) mass is 271 g/mol. The van der Waals surface area contributed by atoms with Crippen molar-refractivity contribution in [2.45, 2.75) is 26.9 Å². The molecule has 3 nitrogen and oxygen atoms in total. The molecule has 3 heteroatoms. The van der Waals surface area contributed by atoms with Crippen LogP contribution in [0.15, 0.2) is 54.6 Å². The third-order valence-corrected chi connectivity index (χ3v) is 3.09. The number of nitrogens with one attached hydrogen (secondary N) is 1. The largest absolute Gasteiger partial charge is 0.372 e. The Labute approximate surface area is 120 Å². The molecule has 0 saturated carbocycles. The van der Waals surface area contributed by atoms with Crippen LogP contribution < -0.4 is 5.32 Å². The first-order valence-corrected chi connectivity index (χ1v) is 6.42. The highest BCUT2D eigenvalue weighted by Gasteiger charge is 2.46. The molecule has 0 aromatic heterocycles. The summed E-state index contributed by atoms with van der Waals surface area (Å²) in [6.45, 7) is 4.00. The van der Waals surface area contributed by atoms with Crippen LogP contribution in [0.25, 0.3) is 0 Å². The molecule has 1 unspecified atom stereocenters. The molecule has 1 aliphatic heterocycles. The van der Waals surface area contributed by atoms with Crippen LogP contribution in [0.5, 0.6) is 0 Å². The van der Waals surface area contributed by atoms with Crippen LogP contribution in [0, 0.1) is 0 Å². The number of aliphatic hydroxyl groups is 1. The third kappa shape index (κ3) is 2.32. The first-order valence-electron chi connectivity index (χ1n) is 6.42. The molecule has 106 valence electrons. The summed E-state index contributed by atoms with van der Waals surface area (Å²) >= 11 is 0. The fourth-order valence-corrected chi connectivity index (χ4v) is 2.21. The molecule has 0 fully saturated rings. The van der Waals surface area contributed by atoms with Gasteiger partial charge in [-0.25, -0.2) is 0 Å². The van der Waals surface area contributed by atoms with Gasteiger partial charge in [-0.1, -0.05) is 69.8 Å². The zero-order valence-corrected chi connectivity index (χ0v) is 11.1. The van der Waals surface area contributed by atoms with E-state index >= 15 is 0 Å². The second kappa shape index (κ2) is 6.35. The van der Waals surface area contributed by atoms with E-state index in [-0.39, 0.29) is 7.43 Å². The van der Waals surface area contributed by atoms with Crippen LogP contribution in [0.1, 0.15) is 32.4 Å². The van der Waals surface area contributed by atoms with Crippen molar-refractivity contribution in [3.8, 4) is 0 Å². The number of benzene rings is 2. The second-order valence-corrected chi connectivity index (χ2v) is 4.08. The number of hydrogen-bond acceptors (Lipinski definition) is 2. The maximum atomic E-state index is 12.0. The lowest BCUT2D eigenvalue weighted by Crippen LogP contribution is -2.35. The lowest BCUT2D eigenvalue weighted by atomic mass is 9.88. The Balaban J connectivity index is 0.000000639. The van der Waals surface area contributed by atoms with Crippen molar-refractivity contribution < 1.29 is 9.90 Å². The Bertz CT molecular complexity index is 581. The lowest BCUT2D eigenvalue weighted by molar-refractivity contribution is -0.129. The topological polar surface area (TPSA) is 49.3 Å².